The van der Waals surface area contributed by atoms with Crippen LogP contribution < -0.4 is 16.0 Å². The molecule has 0 spiro atoms. The van der Waals surface area contributed by atoms with Crippen LogP contribution in [-0.4, -0.2) is 9.91 Å². The second-order valence-electron chi connectivity index (χ2n) is 3.44. The van der Waals surface area contributed by atoms with Gasteiger partial charge in [0.2, 0.25) is 0 Å². The number of ether oxygens (including phenoxy) is 1. The van der Waals surface area contributed by atoms with Gasteiger partial charge in [0.05, 0.1) is 20.9 Å². The number of hydrogen-bond donors (Lipinski definition) is 2. The molecular formula is C10H9ClN4O3S. The zero-order valence-electron chi connectivity index (χ0n) is 9.50. The Bertz CT molecular complexity index is 604. The van der Waals surface area contributed by atoms with Crippen LogP contribution in [0.3, 0.4) is 0 Å². The lowest BCUT2D eigenvalue weighted by atomic mass is 10.3. The van der Waals surface area contributed by atoms with Gasteiger partial charge in [-0.05, 0) is 6.07 Å². The molecule has 0 atom stereocenters. The van der Waals surface area contributed by atoms with Gasteiger partial charge in [-0.1, -0.05) is 22.9 Å². The summed E-state index contributed by atoms with van der Waals surface area (Å²) in [5.41, 5.74) is 2.34. The van der Waals surface area contributed by atoms with Gasteiger partial charge in [-0.2, -0.15) is 0 Å². The summed E-state index contributed by atoms with van der Waals surface area (Å²) in [5.74, 6) is 5.46. The summed E-state index contributed by atoms with van der Waals surface area (Å²) in [7, 11) is 0. The van der Waals surface area contributed by atoms with Gasteiger partial charge in [-0.25, -0.2) is 10.8 Å². The molecule has 19 heavy (non-hydrogen) atoms. The van der Waals surface area contributed by atoms with E-state index in [1.54, 1.807) is 6.20 Å². The van der Waals surface area contributed by atoms with E-state index in [1.807, 2.05) is 0 Å². The Morgan fingerprint density at radius 2 is 2.37 bits per heavy atom. The largest absolute Gasteiger partial charge is 0.486 e. The highest BCUT2D eigenvalue weighted by Crippen LogP contribution is 2.30. The van der Waals surface area contributed by atoms with Crippen molar-refractivity contribution >= 4 is 33.8 Å². The van der Waals surface area contributed by atoms with Crippen molar-refractivity contribution < 1.29 is 9.66 Å². The maximum atomic E-state index is 10.7. The molecule has 0 saturated heterocycles. The third kappa shape index (κ3) is 3.31. The number of nitrogens with two attached hydrogens (primary N) is 1. The highest BCUT2D eigenvalue weighted by molar-refractivity contribution is 7.15. The number of nitro benzene ring substituents is 1. The number of rotatable bonds is 5. The number of hydrogen-bond acceptors (Lipinski definition) is 7. The maximum absolute atomic E-state index is 10.7. The summed E-state index contributed by atoms with van der Waals surface area (Å²) < 4.78 is 5.44. The first kappa shape index (κ1) is 13.5. The number of hydrazine groups is 1. The van der Waals surface area contributed by atoms with Gasteiger partial charge in [-0.15, -0.1) is 0 Å². The molecule has 1 heterocycles. The van der Waals surface area contributed by atoms with E-state index >= 15 is 0 Å². The van der Waals surface area contributed by atoms with Crippen molar-refractivity contribution in [2.45, 2.75) is 6.61 Å². The summed E-state index contributed by atoms with van der Waals surface area (Å²) in [6, 6.07) is 4.03. The molecule has 0 aliphatic rings. The molecule has 0 fully saturated rings. The van der Waals surface area contributed by atoms with E-state index in [4.69, 9.17) is 22.2 Å². The number of thiazole rings is 1. The Morgan fingerprint density at radius 1 is 1.58 bits per heavy atom. The van der Waals surface area contributed by atoms with Crippen LogP contribution in [0.1, 0.15) is 4.88 Å². The number of benzene rings is 1. The van der Waals surface area contributed by atoms with Crippen molar-refractivity contribution in [1.29, 1.82) is 0 Å². The molecule has 0 amide bonds. The van der Waals surface area contributed by atoms with Crippen LogP contribution in [0.5, 0.6) is 5.75 Å². The maximum Gasteiger partial charge on any atom is 0.273 e. The predicted octanol–water partition coefficient (Wildman–Crippen LogP) is 2.57. The minimum Gasteiger partial charge on any atom is -0.486 e. The van der Waals surface area contributed by atoms with Gasteiger partial charge in [-0.3, -0.25) is 15.5 Å². The molecule has 7 nitrogen and oxygen atoms in total. The first-order chi connectivity index (χ1) is 9.10. The third-order valence-electron chi connectivity index (χ3n) is 2.17. The highest BCUT2D eigenvalue weighted by Gasteiger charge is 2.11. The summed E-state index contributed by atoms with van der Waals surface area (Å²) in [6.07, 6.45) is 1.60. The molecule has 0 aliphatic carbocycles. The lowest BCUT2D eigenvalue weighted by molar-refractivity contribution is -0.384. The fourth-order valence-corrected chi connectivity index (χ4v) is 2.11. The summed E-state index contributed by atoms with van der Waals surface area (Å²) >= 11 is 7.23. The summed E-state index contributed by atoms with van der Waals surface area (Å²) in [4.78, 5) is 14.9. The van der Waals surface area contributed by atoms with Gasteiger partial charge in [0, 0.05) is 12.3 Å². The van der Waals surface area contributed by atoms with Crippen molar-refractivity contribution in [3.63, 3.8) is 0 Å². The molecular weight excluding hydrogens is 292 g/mol. The summed E-state index contributed by atoms with van der Waals surface area (Å²) in [6.45, 7) is 0.209. The van der Waals surface area contributed by atoms with Crippen LogP contribution in [0.4, 0.5) is 10.8 Å². The average molecular weight is 301 g/mol. The van der Waals surface area contributed by atoms with Crippen LogP contribution in [0.15, 0.2) is 24.4 Å². The van der Waals surface area contributed by atoms with E-state index in [2.05, 4.69) is 10.4 Å². The molecule has 1 aromatic carbocycles. The van der Waals surface area contributed by atoms with E-state index in [-0.39, 0.29) is 18.0 Å². The molecule has 0 unspecified atom stereocenters. The zero-order valence-corrected chi connectivity index (χ0v) is 11.1. The second kappa shape index (κ2) is 5.83. The minimum atomic E-state index is -0.508. The molecule has 3 N–H and O–H groups in total. The van der Waals surface area contributed by atoms with Crippen molar-refractivity contribution in [3.8, 4) is 5.75 Å². The third-order valence-corrected chi connectivity index (χ3v) is 3.39. The van der Waals surface area contributed by atoms with Gasteiger partial charge in [0.25, 0.3) is 5.69 Å². The summed E-state index contributed by atoms with van der Waals surface area (Å²) in [5, 5.41) is 11.5. The van der Waals surface area contributed by atoms with Crippen LogP contribution in [0, 0.1) is 10.1 Å². The Hall–Kier alpha value is -1.90. The van der Waals surface area contributed by atoms with E-state index in [9.17, 15) is 10.1 Å². The standard InChI is InChI=1S/C10H9ClN4O3S/c11-8-2-1-6(15(16)17)3-9(8)18-5-7-4-13-10(14-12)19-7/h1-4H,5,12H2,(H,13,14). The van der Waals surface area contributed by atoms with Gasteiger partial charge in [0.1, 0.15) is 12.4 Å². The van der Waals surface area contributed by atoms with Gasteiger partial charge < -0.3 is 4.74 Å². The second-order valence-corrected chi connectivity index (χ2v) is 4.96. The SMILES string of the molecule is NNc1ncc(COc2cc([N+](=O)[O-])ccc2Cl)s1. The topological polar surface area (TPSA) is 103 Å². The lowest BCUT2D eigenvalue weighted by Crippen LogP contribution is -2.05. The first-order valence-electron chi connectivity index (χ1n) is 5.08. The number of non-ortho nitro benzene ring substituents is 1. The fraction of sp³-hybridized carbons (Fsp3) is 0.100. The van der Waals surface area contributed by atoms with E-state index in [1.165, 1.54) is 29.5 Å². The number of halogens is 1. The van der Waals surface area contributed by atoms with E-state index < -0.39 is 4.92 Å². The number of nitro groups is 1. The predicted molar refractivity (Wildman–Crippen MR) is 72.4 cm³/mol. The number of aromatic nitrogens is 1. The smallest absolute Gasteiger partial charge is 0.273 e. The highest BCUT2D eigenvalue weighted by atomic mass is 35.5. The molecule has 1 aromatic heterocycles. The fourth-order valence-electron chi connectivity index (χ4n) is 1.31. The van der Waals surface area contributed by atoms with Crippen LogP contribution >= 0.6 is 22.9 Å². The van der Waals surface area contributed by atoms with Crippen LogP contribution in [0.25, 0.3) is 0 Å². The van der Waals surface area contributed by atoms with Crippen molar-refractivity contribution in [1.82, 2.24) is 4.98 Å². The minimum absolute atomic E-state index is 0.0759. The lowest BCUT2D eigenvalue weighted by Gasteiger charge is -2.06. The number of nitrogens with zero attached hydrogens (tertiary/aromatic N) is 2. The normalized spacial score (nSPS) is 10.2. The number of nitrogens with one attached hydrogen (secondary N) is 1. The Balaban J connectivity index is 2.10. The number of nitrogen functional groups attached to an aromatic ring is 1. The molecule has 0 saturated carbocycles. The Kier molecular flexibility index (Phi) is 4.15. The van der Waals surface area contributed by atoms with Crippen molar-refractivity contribution in [2.75, 3.05) is 5.43 Å². The monoisotopic (exact) mass is 300 g/mol. The molecule has 2 aromatic rings. The molecule has 100 valence electrons. The van der Waals surface area contributed by atoms with Gasteiger partial charge >= 0.3 is 0 Å². The first-order valence-corrected chi connectivity index (χ1v) is 6.27. The molecule has 2 rings (SSSR count). The quantitative estimate of drug-likeness (QED) is 0.499. The number of anilines is 1. The Labute approximate surface area is 117 Å². The van der Waals surface area contributed by atoms with Gasteiger partial charge in [0.15, 0.2) is 5.13 Å². The van der Waals surface area contributed by atoms with E-state index in [0.717, 1.165) is 4.88 Å². The van der Waals surface area contributed by atoms with Crippen molar-refractivity contribution in [2.24, 2.45) is 5.84 Å². The average Bonchev–Trinajstić information content (AvgIpc) is 2.85. The molecule has 0 bridgehead atoms. The Morgan fingerprint density at radius 3 is 3.00 bits per heavy atom. The molecule has 9 heteroatoms. The zero-order chi connectivity index (χ0) is 13.8. The van der Waals surface area contributed by atoms with Crippen LogP contribution in [0.2, 0.25) is 5.02 Å². The van der Waals surface area contributed by atoms with E-state index in [0.29, 0.717) is 10.2 Å². The molecule has 0 aliphatic heterocycles. The van der Waals surface area contributed by atoms with Crippen molar-refractivity contribution in [3.05, 3.63) is 44.4 Å². The molecule has 0 radical (unpaired) electrons. The van der Waals surface area contributed by atoms with Crippen LogP contribution in [-0.2, 0) is 6.61 Å².